The normalized spacial score (nSPS) is 11.8. The van der Waals surface area contributed by atoms with Gasteiger partial charge in [-0.3, -0.25) is 4.79 Å². The molecule has 0 aliphatic carbocycles. The molecule has 0 saturated carbocycles. The van der Waals surface area contributed by atoms with Crippen LogP contribution in [-0.4, -0.2) is 33.3 Å². The molecule has 0 aliphatic heterocycles. The molecule has 1 aromatic rings. The summed E-state index contributed by atoms with van der Waals surface area (Å²) in [5.74, 6) is -0.239. The average molecular weight is 223 g/mol. The number of imidazole rings is 1. The summed E-state index contributed by atoms with van der Waals surface area (Å²) in [4.78, 5) is 14.8. The van der Waals surface area contributed by atoms with Gasteiger partial charge in [0.1, 0.15) is 6.07 Å². The van der Waals surface area contributed by atoms with E-state index < -0.39 is 12.1 Å². The Bertz CT molecular complexity index is 394. The van der Waals surface area contributed by atoms with Crippen LogP contribution in [0.5, 0.6) is 0 Å². The molecule has 0 amide bonds. The van der Waals surface area contributed by atoms with Gasteiger partial charge in [-0.25, -0.2) is 4.98 Å². The summed E-state index contributed by atoms with van der Waals surface area (Å²) in [6, 6.07) is 1.88. The lowest BCUT2D eigenvalue weighted by atomic mass is 10.2. The van der Waals surface area contributed by atoms with Crippen molar-refractivity contribution in [3.8, 4) is 6.07 Å². The molecule has 1 aromatic heterocycles. The van der Waals surface area contributed by atoms with E-state index in [4.69, 9.17) is 10.00 Å². The van der Waals surface area contributed by atoms with Crippen LogP contribution >= 0.6 is 0 Å². The predicted molar refractivity (Wildman–Crippen MR) is 54.2 cm³/mol. The van der Waals surface area contributed by atoms with Crippen LogP contribution in [0.15, 0.2) is 12.4 Å². The van der Waals surface area contributed by atoms with Crippen LogP contribution in [0.3, 0.4) is 0 Å². The Morgan fingerprint density at radius 2 is 2.56 bits per heavy atom. The molecule has 16 heavy (non-hydrogen) atoms. The fraction of sp³-hybridized carbons (Fsp3) is 0.500. The Morgan fingerprint density at radius 1 is 1.81 bits per heavy atom. The third kappa shape index (κ3) is 3.37. The molecule has 6 heteroatoms. The Labute approximate surface area is 93.1 Å². The number of hydrogen-bond donors (Lipinski definition) is 1. The number of aliphatic hydroxyl groups excluding tert-OH is 1. The van der Waals surface area contributed by atoms with Gasteiger partial charge >= 0.3 is 5.97 Å². The zero-order valence-corrected chi connectivity index (χ0v) is 8.96. The quantitative estimate of drug-likeness (QED) is 0.713. The van der Waals surface area contributed by atoms with E-state index in [-0.39, 0.29) is 18.8 Å². The van der Waals surface area contributed by atoms with Gasteiger partial charge in [0, 0.05) is 12.4 Å². The van der Waals surface area contributed by atoms with Gasteiger partial charge in [-0.2, -0.15) is 5.26 Å². The van der Waals surface area contributed by atoms with Gasteiger partial charge in [-0.05, 0) is 6.92 Å². The molecule has 0 saturated heterocycles. The smallest absolute Gasteiger partial charge is 0.308 e. The number of ether oxygens (including phenoxy) is 1. The van der Waals surface area contributed by atoms with E-state index in [1.165, 1.54) is 10.8 Å². The molecule has 0 aromatic carbocycles. The Balaban J connectivity index is 2.49. The first-order valence-corrected chi connectivity index (χ1v) is 4.92. The topological polar surface area (TPSA) is 88.1 Å². The van der Waals surface area contributed by atoms with Crippen molar-refractivity contribution in [3.05, 3.63) is 18.2 Å². The van der Waals surface area contributed by atoms with Crippen LogP contribution in [0, 0.1) is 11.3 Å². The van der Waals surface area contributed by atoms with Crippen molar-refractivity contribution >= 4 is 5.97 Å². The van der Waals surface area contributed by atoms with Crippen molar-refractivity contribution < 1.29 is 14.6 Å². The summed E-state index contributed by atoms with van der Waals surface area (Å²) in [6.07, 6.45) is 2.08. The molecular formula is C10H13N3O3. The largest absolute Gasteiger partial charge is 0.466 e. The van der Waals surface area contributed by atoms with Crippen molar-refractivity contribution in [2.75, 3.05) is 6.61 Å². The van der Waals surface area contributed by atoms with Crippen LogP contribution in [0.2, 0.25) is 0 Å². The van der Waals surface area contributed by atoms with Crippen LogP contribution in [0.4, 0.5) is 0 Å². The fourth-order valence-corrected chi connectivity index (χ4v) is 1.27. The molecular weight excluding hydrogens is 210 g/mol. The lowest BCUT2D eigenvalue weighted by molar-refractivity contribution is -0.145. The third-order valence-electron chi connectivity index (χ3n) is 1.93. The minimum atomic E-state index is -0.875. The summed E-state index contributed by atoms with van der Waals surface area (Å²) in [5, 5.41) is 18.3. The second-order valence-corrected chi connectivity index (χ2v) is 3.18. The Hall–Kier alpha value is -1.87. The third-order valence-corrected chi connectivity index (χ3v) is 1.93. The summed E-state index contributed by atoms with van der Waals surface area (Å²) in [6.45, 7) is 2.15. The number of carbonyl (C=O) groups is 1. The minimum absolute atomic E-state index is 0.0864. The van der Waals surface area contributed by atoms with Crippen molar-refractivity contribution in [1.82, 2.24) is 9.55 Å². The molecule has 1 atom stereocenters. The molecule has 0 radical (unpaired) electrons. The second kappa shape index (κ2) is 5.88. The van der Waals surface area contributed by atoms with Gasteiger partial charge in [0.25, 0.3) is 0 Å². The average Bonchev–Trinajstić information content (AvgIpc) is 2.65. The highest BCUT2D eigenvalue weighted by molar-refractivity contribution is 5.69. The summed E-state index contributed by atoms with van der Waals surface area (Å²) in [5.41, 5.74) is 0. The molecule has 86 valence electrons. The number of nitrogens with zero attached hydrogens (tertiary/aromatic N) is 3. The van der Waals surface area contributed by atoms with Gasteiger partial charge < -0.3 is 14.4 Å². The van der Waals surface area contributed by atoms with Crippen LogP contribution in [0.25, 0.3) is 0 Å². The molecule has 1 N–H and O–H groups in total. The predicted octanol–water partition coefficient (Wildman–Crippen LogP) is 0.0689. The van der Waals surface area contributed by atoms with E-state index in [2.05, 4.69) is 4.98 Å². The number of nitriles is 1. The van der Waals surface area contributed by atoms with E-state index >= 15 is 0 Å². The monoisotopic (exact) mass is 223 g/mol. The highest BCUT2D eigenvalue weighted by Crippen LogP contribution is 2.02. The van der Waals surface area contributed by atoms with E-state index in [0.717, 1.165) is 0 Å². The molecule has 1 heterocycles. The maximum absolute atomic E-state index is 11.1. The van der Waals surface area contributed by atoms with Crippen LogP contribution < -0.4 is 0 Å². The molecule has 0 fully saturated rings. The number of hydrogen-bond acceptors (Lipinski definition) is 5. The summed E-state index contributed by atoms with van der Waals surface area (Å²) < 4.78 is 6.19. The summed E-state index contributed by atoms with van der Waals surface area (Å²) in [7, 11) is 0. The maximum Gasteiger partial charge on any atom is 0.308 e. The van der Waals surface area contributed by atoms with E-state index in [0.29, 0.717) is 6.61 Å². The number of aromatic nitrogens is 2. The van der Waals surface area contributed by atoms with E-state index in [1.54, 1.807) is 13.1 Å². The van der Waals surface area contributed by atoms with Crippen molar-refractivity contribution in [3.63, 3.8) is 0 Å². The molecule has 6 nitrogen and oxygen atoms in total. The summed E-state index contributed by atoms with van der Waals surface area (Å²) >= 11 is 0. The van der Waals surface area contributed by atoms with Gasteiger partial charge in [0.2, 0.25) is 5.82 Å². The van der Waals surface area contributed by atoms with E-state index in [9.17, 15) is 9.90 Å². The Kier molecular flexibility index (Phi) is 4.48. The zero-order valence-electron chi connectivity index (χ0n) is 8.96. The van der Waals surface area contributed by atoms with Crippen LogP contribution in [-0.2, 0) is 16.1 Å². The van der Waals surface area contributed by atoms with Crippen LogP contribution in [0.1, 0.15) is 19.2 Å². The second-order valence-electron chi connectivity index (χ2n) is 3.18. The highest BCUT2D eigenvalue weighted by Gasteiger charge is 2.13. The van der Waals surface area contributed by atoms with Crippen molar-refractivity contribution in [1.29, 1.82) is 5.26 Å². The number of carbonyl (C=O) groups excluding carboxylic acids is 1. The van der Waals surface area contributed by atoms with Gasteiger partial charge in [0.05, 0.1) is 25.7 Å². The van der Waals surface area contributed by atoms with Crippen molar-refractivity contribution in [2.24, 2.45) is 0 Å². The standard InChI is InChI=1S/C10H13N3O3/c1-2-16-10(15)5-8(14)7-13-4-3-12-9(13)6-11/h3-4,8,14H,2,5,7H2,1H3. The fourth-order valence-electron chi connectivity index (χ4n) is 1.27. The lowest BCUT2D eigenvalue weighted by Gasteiger charge is -2.10. The number of esters is 1. The minimum Gasteiger partial charge on any atom is -0.466 e. The van der Waals surface area contributed by atoms with E-state index in [1.807, 2.05) is 6.07 Å². The zero-order chi connectivity index (χ0) is 12.0. The molecule has 0 spiro atoms. The van der Waals surface area contributed by atoms with Gasteiger partial charge in [-0.15, -0.1) is 0 Å². The first-order chi connectivity index (χ1) is 7.67. The Morgan fingerprint density at radius 3 is 3.19 bits per heavy atom. The maximum atomic E-state index is 11.1. The van der Waals surface area contributed by atoms with Gasteiger partial charge in [-0.1, -0.05) is 0 Å². The van der Waals surface area contributed by atoms with Crippen molar-refractivity contribution in [2.45, 2.75) is 26.0 Å². The molecule has 0 bridgehead atoms. The molecule has 0 aliphatic rings. The highest BCUT2D eigenvalue weighted by atomic mass is 16.5. The number of rotatable bonds is 5. The first-order valence-electron chi connectivity index (χ1n) is 4.92. The molecule has 1 rings (SSSR count). The van der Waals surface area contributed by atoms with Gasteiger partial charge in [0.15, 0.2) is 0 Å². The molecule has 1 unspecified atom stereocenters. The number of aliphatic hydroxyl groups is 1. The first kappa shape index (κ1) is 12.2. The SMILES string of the molecule is CCOC(=O)CC(O)Cn1ccnc1C#N. The lowest BCUT2D eigenvalue weighted by Crippen LogP contribution is -2.21.